The van der Waals surface area contributed by atoms with E-state index in [4.69, 9.17) is 18.9 Å². The summed E-state index contributed by atoms with van der Waals surface area (Å²) in [7, 11) is 1.60. The molecule has 2 heterocycles. The van der Waals surface area contributed by atoms with E-state index in [2.05, 4.69) is 11.6 Å². The molecule has 0 amide bonds. The van der Waals surface area contributed by atoms with Gasteiger partial charge in [-0.05, 0) is 62.2 Å². The molecular weight excluding hydrogens is 504 g/mol. The summed E-state index contributed by atoms with van der Waals surface area (Å²) in [4.78, 5) is 32.1. The minimum atomic E-state index is -0.754. The molecule has 0 saturated heterocycles. The van der Waals surface area contributed by atoms with Crippen LogP contribution in [-0.4, -0.2) is 37.5 Å². The van der Waals surface area contributed by atoms with Gasteiger partial charge in [-0.25, -0.2) is 9.79 Å². The van der Waals surface area contributed by atoms with Crippen molar-refractivity contribution < 1.29 is 23.7 Å². The fraction of sp³-hybridized carbons (Fsp3) is 0.276. The molecule has 0 saturated carbocycles. The number of nitrogens with zero attached hydrogens (tertiary/aromatic N) is 2. The van der Waals surface area contributed by atoms with Crippen molar-refractivity contribution in [2.75, 3.05) is 26.9 Å². The summed E-state index contributed by atoms with van der Waals surface area (Å²) in [6, 6.07) is 12.1. The number of carbonyl (C=O) groups is 1. The summed E-state index contributed by atoms with van der Waals surface area (Å²) in [5.74, 6) is 1.25. The molecule has 0 aliphatic carbocycles. The molecule has 1 aliphatic heterocycles. The highest BCUT2D eigenvalue weighted by molar-refractivity contribution is 7.07. The van der Waals surface area contributed by atoms with E-state index in [0.717, 1.165) is 11.3 Å². The van der Waals surface area contributed by atoms with Crippen molar-refractivity contribution in [3.63, 3.8) is 0 Å². The molecule has 1 aromatic heterocycles. The van der Waals surface area contributed by atoms with Crippen LogP contribution in [0.3, 0.4) is 0 Å². The molecule has 198 valence electrons. The fourth-order valence-electron chi connectivity index (χ4n) is 4.19. The monoisotopic (exact) mass is 534 g/mol. The third-order valence-corrected chi connectivity index (χ3v) is 6.85. The molecule has 9 heteroatoms. The Hall–Kier alpha value is -4.11. The van der Waals surface area contributed by atoms with Gasteiger partial charge >= 0.3 is 5.97 Å². The maximum atomic E-state index is 13.8. The molecule has 0 bridgehead atoms. The molecule has 0 unspecified atom stereocenters. The molecule has 4 rings (SSSR count). The average Bonchev–Trinajstić information content (AvgIpc) is 3.21. The van der Waals surface area contributed by atoms with E-state index in [-0.39, 0.29) is 12.2 Å². The Kier molecular flexibility index (Phi) is 8.48. The summed E-state index contributed by atoms with van der Waals surface area (Å²) < 4.78 is 24.2. The van der Waals surface area contributed by atoms with Gasteiger partial charge in [-0.3, -0.25) is 9.36 Å². The lowest BCUT2D eigenvalue weighted by molar-refractivity contribution is -0.139. The second-order valence-corrected chi connectivity index (χ2v) is 9.32. The quantitative estimate of drug-likeness (QED) is 0.291. The molecule has 0 fully saturated rings. The summed E-state index contributed by atoms with van der Waals surface area (Å²) in [6.45, 7) is 9.99. The maximum Gasteiger partial charge on any atom is 0.338 e. The van der Waals surface area contributed by atoms with E-state index in [1.165, 1.54) is 11.3 Å². The van der Waals surface area contributed by atoms with Gasteiger partial charge < -0.3 is 18.9 Å². The number of aromatic nitrogens is 1. The van der Waals surface area contributed by atoms with E-state index in [1.807, 2.05) is 43.3 Å². The highest BCUT2D eigenvalue weighted by Gasteiger charge is 2.34. The van der Waals surface area contributed by atoms with Gasteiger partial charge in [-0.15, -0.1) is 0 Å². The molecule has 2 aromatic carbocycles. The Bertz CT molecular complexity index is 1550. The number of ether oxygens (including phenoxy) is 4. The number of rotatable bonds is 10. The SMILES string of the molecule is C=CCOc1ccc([C@H]2C(C(=O)OCC)=C(C)N=c3s/c(=C\c4ccc(OC)cc4)c(=O)n32)cc1OCC. The van der Waals surface area contributed by atoms with Gasteiger partial charge in [0, 0.05) is 0 Å². The molecule has 38 heavy (non-hydrogen) atoms. The van der Waals surface area contributed by atoms with Crippen molar-refractivity contribution >= 4 is 23.4 Å². The zero-order valence-electron chi connectivity index (χ0n) is 21.9. The summed E-state index contributed by atoms with van der Waals surface area (Å²) in [5.41, 5.74) is 2.06. The van der Waals surface area contributed by atoms with E-state index in [9.17, 15) is 9.59 Å². The van der Waals surface area contributed by atoms with Crippen LogP contribution >= 0.6 is 11.3 Å². The number of thiazole rings is 1. The van der Waals surface area contributed by atoms with Crippen LogP contribution in [0.15, 0.2) is 76.2 Å². The smallest absolute Gasteiger partial charge is 0.338 e. The second kappa shape index (κ2) is 12.0. The highest BCUT2D eigenvalue weighted by Crippen LogP contribution is 2.36. The lowest BCUT2D eigenvalue weighted by Gasteiger charge is -2.25. The van der Waals surface area contributed by atoms with Crippen LogP contribution in [0.4, 0.5) is 0 Å². The van der Waals surface area contributed by atoms with Gasteiger partial charge in [0.2, 0.25) is 0 Å². The number of fused-ring (bicyclic) bond motifs is 1. The van der Waals surface area contributed by atoms with E-state index < -0.39 is 12.0 Å². The third kappa shape index (κ3) is 5.43. The molecule has 1 aliphatic rings. The molecule has 0 radical (unpaired) electrons. The normalized spacial score (nSPS) is 14.9. The van der Waals surface area contributed by atoms with Gasteiger partial charge in [0.05, 0.1) is 42.2 Å². The van der Waals surface area contributed by atoms with Crippen LogP contribution in [0.5, 0.6) is 17.2 Å². The number of hydrogen-bond acceptors (Lipinski definition) is 8. The number of hydrogen-bond donors (Lipinski definition) is 0. The lowest BCUT2D eigenvalue weighted by atomic mass is 9.95. The van der Waals surface area contributed by atoms with E-state index in [0.29, 0.717) is 50.9 Å². The van der Waals surface area contributed by atoms with E-state index >= 15 is 0 Å². The minimum Gasteiger partial charge on any atom is -0.497 e. The molecule has 8 nitrogen and oxygen atoms in total. The van der Waals surface area contributed by atoms with Crippen LogP contribution in [0, 0.1) is 0 Å². The predicted molar refractivity (Wildman–Crippen MR) is 147 cm³/mol. The first-order chi connectivity index (χ1) is 18.4. The van der Waals surface area contributed by atoms with Crippen LogP contribution in [0.25, 0.3) is 6.08 Å². The fourth-order valence-corrected chi connectivity index (χ4v) is 5.24. The third-order valence-electron chi connectivity index (χ3n) is 5.87. The van der Waals surface area contributed by atoms with Gasteiger partial charge in [0.1, 0.15) is 12.4 Å². The molecule has 1 atom stereocenters. The van der Waals surface area contributed by atoms with Gasteiger partial charge in [0.25, 0.3) is 5.56 Å². The van der Waals surface area contributed by atoms with Crippen molar-refractivity contribution in [3.05, 3.63) is 97.2 Å². The number of methoxy groups -OCH3 is 1. The second-order valence-electron chi connectivity index (χ2n) is 8.31. The van der Waals surface area contributed by atoms with Crippen molar-refractivity contribution in [1.82, 2.24) is 4.57 Å². The van der Waals surface area contributed by atoms with Crippen molar-refractivity contribution in [2.45, 2.75) is 26.8 Å². The van der Waals surface area contributed by atoms with Crippen LogP contribution in [0.1, 0.15) is 37.9 Å². The minimum absolute atomic E-state index is 0.197. The average molecular weight is 535 g/mol. The first-order valence-electron chi connectivity index (χ1n) is 12.3. The molecule has 0 N–H and O–H groups in total. The van der Waals surface area contributed by atoms with E-state index in [1.54, 1.807) is 43.7 Å². The zero-order valence-corrected chi connectivity index (χ0v) is 22.7. The van der Waals surface area contributed by atoms with Crippen molar-refractivity contribution in [3.8, 4) is 17.2 Å². The van der Waals surface area contributed by atoms with Crippen molar-refractivity contribution in [1.29, 1.82) is 0 Å². The van der Waals surface area contributed by atoms with Crippen molar-refractivity contribution in [2.24, 2.45) is 4.99 Å². The molecule has 0 spiro atoms. The van der Waals surface area contributed by atoms with Gasteiger partial charge in [-0.2, -0.15) is 0 Å². The Labute approximate surface area is 224 Å². The Balaban J connectivity index is 1.91. The lowest BCUT2D eigenvalue weighted by Crippen LogP contribution is -2.40. The standard InChI is InChI=1S/C29H30N2O6S/c1-6-15-37-22-14-11-20(17-23(22)35-7-2)26-25(28(33)36-8-3)18(4)30-29-31(26)27(32)24(38-29)16-19-9-12-21(34-5)13-10-19/h6,9-14,16-17,26H,1,7-8,15H2,2-5H3/b24-16-/t26-/m0/s1. The summed E-state index contributed by atoms with van der Waals surface area (Å²) >= 11 is 1.27. The Morgan fingerprint density at radius 3 is 2.53 bits per heavy atom. The molecule has 3 aromatic rings. The first kappa shape index (κ1) is 26.9. The number of esters is 1. The van der Waals surface area contributed by atoms with Gasteiger partial charge in [0.15, 0.2) is 16.3 Å². The zero-order chi connectivity index (χ0) is 27.2. The van der Waals surface area contributed by atoms with Crippen LogP contribution in [-0.2, 0) is 9.53 Å². The van der Waals surface area contributed by atoms with Crippen LogP contribution < -0.4 is 29.1 Å². The summed E-state index contributed by atoms with van der Waals surface area (Å²) in [6.07, 6.45) is 3.46. The molecular formula is C29H30N2O6S. The Morgan fingerprint density at radius 2 is 1.87 bits per heavy atom. The number of carbonyl (C=O) groups excluding carboxylic acids is 1. The number of allylic oxidation sites excluding steroid dienone is 1. The maximum absolute atomic E-state index is 13.8. The van der Waals surface area contributed by atoms with Gasteiger partial charge in [-0.1, -0.05) is 42.2 Å². The topological polar surface area (TPSA) is 88.4 Å². The highest BCUT2D eigenvalue weighted by atomic mass is 32.1. The Morgan fingerprint density at radius 1 is 1.11 bits per heavy atom. The predicted octanol–water partition coefficient (Wildman–Crippen LogP) is 3.77. The van der Waals surface area contributed by atoms with Crippen LogP contribution in [0.2, 0.25) is 0 Å². The first-order valence-corrected chi connectivity index (χ1v) is 13.1. The summed E-state index contributed by atoms with van der Waals surface area (Å²) in [5, 5.41) is 0. The largest absolute Gasteiger partial charge is 0.497 e. The number of benzene rings is 2.